The number of hydrogen-bond donors (Lipinski definition) is 0. The molecule has 0 radical (unpaired) electrons. The van der Waals surface area contributed by atoms with E-state index in [9.17, 15) is 4.79 Å². The van der Waals surface area contributed by atoms with Gasteiger partial charge in [0.1, 0.15) is 11.5 Å². The van der Waals surface area contributed by atoms with Gasteiger partial charge in [0.05, 0.1) is 6.10 Å². The maximum atomic E-state index is 10.9. The lowest BCUT2D eigenvalue weighted by Crippen LogP contribution is -2.10. The van der Waals surface area contributed by atoms with Crippen LogP contribution in [0.5, 0.6) is 11.5 Å². The number of benzene rings is 2. The van der Waals surface area contributed by atoms with Crippen molar-refractivity contribution in [3.05, 3.63) is 48.5 Å². The predicted molar refractivity (Wildman–Crippen MR) is 88.2 cm³/mol. The molecule has 0 aliphatic heterocycles. The summed E-state index contributed by atoms with van der Waals surface area (Å²) in [5, 5.41) is 0. The van der Waals surface area contributed by atoms with Crippen molar-refractivity contribution in [1.82, 2.24) is 0 Å². The van der Waals surface area contributed by atoms with E-state index in [1.165, 1.54) is 6.92 Å². The minimum absolute atomic E-state index is 0.214. The van der Waals surface area contributed by atoms with Gasteiger partial charge in [-0.15, -0.1) is 0 Å². The van der Waals surface area contributed by atoms with E-state index < -0.39 is 0 Å². The highest BCUT2D eigenvalue weighted by Gasteiger charge is 2.05. The van der Waals surface area contributed by atoms with Gasteiger partial charge in [0.2, 0.25) is 0 Å². The summed E-state index contributed by atoms with van der Waals surface area (Å²) in [5.74, 6) is 1.12. The van der Waals surface area contributed by atoms with Crippen LogP contribution < -0.4 is 9.47 Å². The summed E-state index contributed by atoms with van der Waals surface area (Å²) in [6.07, 6.45) is 2.37. The summed E-state index contributed by atoms with van der Waals surface area (Å²) in [6.45, 7) is 5.64. The fraction of sp³-hybridized carbons (Fsp3) is 0.316. The minimum Gasteiger partial charge on any atom is -0.491 e. The monoisotopic (exact) mass is 298 g/mol. The van der Waals surface area contributed by atoms with E-state index in [2.05, 4.69) is 13.8 Å². The van der Waals surface area contributed by atoms with Crippen molar-refractivity contribution in [1.29, 1.82) is 0 Å². The summed E-state index contributed by atoms with van der Waals surface area (Å²) in [5.41, 5.74) is 2.14. The molecule has 1 atom stereocenters. The Morgan fingerprint density at radius 2 is 1.77 bits per heavy atom. The van der Waals surface area contributed by atoms with Gasteiger partial charge in [0.15, 0.2) is 0 Å². The Hall–Kier alpha value is -2.29. The minimum atomic E-state index is -0.312. The van der Waals surface area contributed by atoms with Gasteiger partial charge in [0, 0.05) is 6.92 Å². The van der Waals surface area contributed by atoms with Crippen molar-refractivity contribution >= 4 is 5.97 Å². The average Bonchev–Trinajstić information content (AvgIpc) is 2.48. The topological polar surface area (TPSA) is 35.5 Å². The Kier molecular flexibility index (Phi) is 5.59. The third-order valence-electron chi connectivity index (χ3n) is 3.32. The van der Waals surface area contributed by atoms with Crippen molar-refractivity contribution in [3.63, 3.8) is 0 Å². The molecule has 0 aromatic heterocycles. The number of esters is 1. The lowest BCUT2D eigenvalue weighted by molar-refractivity contribution is -0.131. The fourth-order valence-corrected chi connectivity index (χ4v) is 2.33. The summed E-state index contributed by atoms with van der Waals surface area (Å²) < 4.78 is 11.0. The first-order chi connectivity index (χ1) is 10.6. The van der Waals surface area contributed by atoms with Gasteiger partial charge < -0.3 is 9.47 Å². The SMILES string of the molecule is CCC[C@H](C)Oc1cccc(-c2ccc(OC(C)=O)cc2)c1. The molecule has 0 spiro atoms. The van der Waals surface area contributed by atoms with E-state index in [0.29, 0.717) is 5.75 Å². The quantitative estimate of drug-likeness (QED) is 0.565. The second kappa shape index (κ2) is 7.64. The summed E-state index contributed by atoms with van der Waals surface area (Å²) in [6, 6.07) is 15.5. The molecule has 2 aromatic carbocycles. The zero-order valence-electron chi connectivity index (χ0n) is 13.3. The fourth-order valence-electron chi connectivity index (χ4n) is 2.33. The van der Waals surface area contributed by atoms with E-state index in [0.717, 1.165) is 29.7 Å². The summed E-state index contributed by atoms with van der Waals surface area (Å²) in [4.78, 5) is 10.9. The molecule has 0 aliphatic carbocycles. The third kappa shape index (κ3) is 4.62. The predicted octanol–water partition coefficient (Wildman–Crippen LogP) is 4.85. The van der Waals surface area contributed by atoms with E-state index >= 15 is 0 Å². The number of carbonyl (C=O) groups is 1. The Morgan fingerprint density at radius 3 is 2.41 bits per heavy atom. The van der Waals surface area contributed by atoms with Gasteiger partial charge in [-0.3, -0.25) is 4.79 Å². The molecule has 2 aromatic rings. The van der Waals surface area contributed by atoms with Crippen LogP contribution in [-0.2, 0) is 4.79 Å². The Bertz CT molecular complexity index is 617. The van der Waals surface area contributed by atoms with E-state index in [-0.39, 0.29) is 12.1 Å². The molecule has 2 rings (SSSR count). The third-order valence-corrected chi connectivity index (χ3v) is 3.32. The number of rotatable bonds is 6. The first-order valence-corrected chi connectivity index (χ1v) is 7.64. The normalized spacial score (nSPS) is 11.8. The molecule has 0 fully saturated rings. The highest BCUT2D eigenvalue weighted by atomic mass is 16.5. The van der Waals surface area contributed by atoms with Crippen LogP contribution in [0.25, 0.3) is 11.1 Å². The zero-order chi connectivity index (χ0) is 15.9. The average molecular weight is 298 g/mol. The summed E-state index contributed by atoms with van der Waals surface area (Å²) in [7, 11) is 0. The number of ether oxygens (including phenoxy) is 2. The molecule has 116 valence electrons. The van der Waals surface area contributed by atoms with Crippen molar-refractivity contribution in [2.45, 2.75) is 39.7 Å². The molecule has 0 saturated carbocycles. The van der Waals surface area contributed by atoms with Crippen LogP contribution in [-0.4, -0.2) is 12.1 Å². The highest BCUT2D eigenvalue weighted by Crippen LogP contribution is 2.26. The lowest BCUT2D eigenvalue weighted by Gasteiger charge is -2.14. The highest BCUT2D eigenvalue weighted by molar-refractivity contribution is 5.70. The Labute approximate surface area is 131 Å². The largest absolute Gasteiger partial charge is 0.491 e. The van der Waals surface area contributed by atoms with Gasteiger partial charge in [-0.25, -0.2) is 0 Å². The van der Waals surface area contributed by atoms with Gasteiger partial charge in [0.25, 0.3) is 0 Å². The first kappa shape index (κ1) is 16.1. The van der Waals surface area contributed by atoms with Crippen LogP contribution in [0.2, 0.25) is 0 Å². The van der Waals surface area contributed by atoms with Crippen molar-refractivity contribution < 1.29 is 14.3 Å². The van der Waals surface area contributed by atoms with Crippen molar-refractivity contribution in [2.75, 3.05) is 0 Å². The number of hydrogen-bond acceptors (Lipinski definition) is 3. The Morgan fingerprint density at radius 1 is 1.05 bits per heavy atom. The maximum Gasteiger partial charge on any atom is 0.308 e. The molecular weight excluding hydrogens is 276 g/mol. The molecule has 3 heteroatoms. The van der Waals surface area contributed by atoms with Gasteiger partial charge >= 0.3 is 5.97 Å². The van der Waals surface area contributed by atoms with Gasteiger partial charge in [-0.05, 0) is 48.7 Å². The van der Waals surface area contributed by atoms with Crippen LogP contribution in [0.15, 0.2) is 48.5 Å². The lowest BCUT2D eigenvalue weighted by atomic mass is 10.1. The molecule has 0 saturated heterocycles. The van der Waals surface area contributed by atoms with Gasteiger partial charge in [-0.1, -0.05) is 37.6 Å². The molecule has 3 nitrogen and oxygen atoms in total. The molecule has 0 amide bonds. The Balaban J connectivity index is 2.13. The molecule has 0 N–H and O–H groups in total. The van der Waals surface area contributed by atoms with Crippen molar-refractivity contribution in [2.24, 2.45) is 0 Å². The molecule has 0 bridgehead atoms. The van der Waals surface area contributed by atoms with Crippen LogP contribution in [0.3, 0.4) is 0 Å². The van der Waals surface area contributed by atoms with Crippen molar-refractivity contribution in [3.8, 4) is 22.6 Å². The molecule has 22 heavy (non-hydrogen) atoms. The van der Waals surface area contributed by atoms with E-state index in [4.69, 9.17) is 9.47 Å². The van der Waals surface area contributed by atoms with Crippen LogP contribution in [0, 0.1) is 0 Å². The maximum absolute atomic E-state index is 10.9. The zero-order valence-corrected chi connectivity index (χ0v) is 13.3. The molecule has 0 aliphatic rings. The molecule has 0 unspecified atom stereocenters. The van der Waals surface area contributed by atoms with Crippen LogP contribution in [0.1, 0.15) is 33.6 Å². The number of carbonyl (C=O) groups excluding carboxylic acids is 1. The second-order valence-corrected chi connectivity index (χ2v) is 5.36. The summed E-state index contributed by atoms with van der Waals surface area (Å²) >= 11 is 0. The molecule has 0 heterocycles. The first-order valence-electron chi connectivity index (χ1n) is 7.64. The smallest absolute Gasteiger partial charge is 0.308 e. The van der Waals surface area contributed by atoms with Crippen LogP contribution >= 0.6 is 0 Å². The second-order valence-electron chi connectivity index (χ2n) is 5.36. The standard InChI is InChI=1S/C19H22O3/c1-4-6-14(2)21-19-8-5-7-17(13-19)16-9-11-18(12-10-16)22-15(3)20/h5,7-14H,4,6H2,1-3H3/t14-/m0/s1. The van der Waals surface area contributed by atoms with Gasteiger partial charge in [-0.2, -0.15) is 0 Å². The van der Waals surface area contributed by atoms with E-state index in [1.807, 2.05) is 36.4 Å². The molecular formula is C19H22O3. The van der Waals surface area contributed by atoms with E-state index in [1.54, 1.807) is 12.1 Å². The van der Waals surface area contributed by atoms with Crippen LogP contribution in [0.4, 0.5) is 0 Å².